The van der Waals surface area contributed by atoms with E-state index in [0.717, 1.165) is 25.6 Å². The van der Waals surface area contributed by atoms with Gasteiger partial charge in [0, 0.05) is 21.3 Å². The number of hydrogen-bond donors (Lipinski definition) is 1. The van der Waals surface area contributed by atoms with Gasteiger partial charge in [0.2, 0.25) is 4.96 Å². The number of nitrogens with one attached hydrogen (secondary N) is 1. The van der Waals surface area contributed by atoms with E-state index in [2.05, 4.69) is 36.5 Å². The molecule has 0 aliphatic heterocycles. The number of fused-ring (bicyclic) bond motifs is 1. The highest BCUT2D eigenvalue weighted by Crippen LogP contribution is 2.27. The average molecular weight is 466 g/mol. The quantitative estimate of drug-likeness (QED) is 0.397. The Morgan fingerprint density at radius 2 is 1.76 bits per heavy atom. The maximum atomic E-state index is 12.5. The first-order valence-electron chi connectivity index (χ1n) is 8.60. The highest BCUT2D eigenvalue weighted by atomic mass is 79.9. The lowest BCUT2D eigenvalue weighted by atomic mass is 10.2. The third-order valence-corrected chi connectivity index (χ3v) is 5.73. The Morgan fingerprint density at radius 1 is 1.00 bits per heavy atom. The second-order valence-electron chi connectivity index (χ2n) is 6.17. The van der Waals surface area contributed by atoms with Crippen molar-refractivity contribution in [1.82, 2.24) is 19.8 Å². The standard InChI is InChI=1S/C20H12BrN5O2S/c21-14-5-1-12(2-6-14)16-9-10-17(28-16)18(27)23-15-7-3-13(4-8-15)19-25-26-11-22-24-20(26)29-19/h1-11H,(H,23,27). The lowest BCUT2D eigenvalue weighted by Crippen LogP contribution is -2.10. The smallest absolute Gasteiger partial charge is 0.291 e. The third-order valence-electron chi connectivity index (χ3n) is 4.24. The molecule has 0 aliphatic carbocycles. The molecule has 1 amide bonds. The molecular formula is C20H12BrN5O2S. The van der Waals surface area contributed by atoms with Crippen LogP contribution in [0.1, 0.15) is 10.6 Å². The Hall–Kier alpha value is -3.30. The molecule has 2 aromatic carbocycles. The van der Waals surface area contributed by atoms with Crippen LogP contribution in [-0.2, 0) is 0 Å². The largest absolute Gasteiger partial charge is 0.451 e. The molecule has 1 N–H and O–H groups in total. The zero-order chi connectivity index (χ0) is 19.8. The Bertz CT molecular complexity index is 1280. The Labute approximate surface area is 177 Å². The fourth-order valence-electron chi connectivity index (χ4n) is 2.79. The van der Waals surface area contributed by atoms with Crippen LogP contribution in [0.15, 0.2) is 75.9 Å². The van der Waals surface area contributed by atoms with Crippen molar-refractivity contribution in [2.24, 2.45) is 0 Å². The molecule has 5 aromatic rings. The van der Waals surface area contributed by atoms with E-state index in [1.165, 1.54) is 11.3 Å². The van der Waals surface area contributed by atoms with E-state index in [-0.39, 0.29) is 11.7 Å². The van der Waals surface area contributed by atoms with Crippen LogP contribution >= 0.6 is 27.3 Å². The van der Waals surface area contributed by atoms with Crippen molar-refractivity contribution in [2.45, 2.75) is 0 Å². The fraction of sp³-hybridized carbons (Fsp3) is 0. The van der Waals surface area contributed by atoms with Crippen LogP contribution in [0, 0.1) is 0 Å². The molecule has 0 atom stereocenters. The SMILES string of the molecule is O=C(Nc1ccc(-c2nn3cnnc3s2)cc1)c1ccc(-c2ccc(Br)cc2)o1. The summed E-state index contributed by atoms with van der Waals surface area (Å²) in [6.45, 7) is 0. The molecule has 5 rings (SSSR count). The van der Waals surface area contributed by atoms with E-state index in [1.807, 2.05) is 48.5 Å². The number of anilines is 1. The summed E-state index contributed by atoms with van der Waals surface area (Å²) in [4.78, 5) is 13.2. The number of hydrogen-bond acceptors (Lipinski definition) is 6. The molecule has 0 saturated heterocycles. The van der Waals surface area contributed by atoms with E-state index < -0.39 is 0 Å². The first kappa shape index (κ1) is 17.8. The summed E-state index contributed by atoms with van der Waals surface area (Å²) in [5, 5.41) is 15.9. The van der Waals surface area contributed by atoms with Crippen molar-refractivity contribution < 1.29 is 9.21 Å². The zero-order valence-electron chi connectivity index (χ0n) is 14.7. The second kappa shape index (κ2) is 7.26. The van der Waals surface area contributed by atoms with Crippen molar-refractivity contribution >= 4 is 43.8 Å². The van der Waals surface area contributed by atoms with Gasteiger partial charge in [-0.2, -0.15) is 9.61 Å². The number of amides is 1. The fourth-order valence-corrected chi connectivity index (χ4v) is 3.88. The van der Waals surface area contributed by atoms with Crippen LogP contribution in [0.4, 0.5) is 5.69 Å². The molecule has 0 radical (unpaired) electrons. The van der Waals surface area contributed by atoms with Crippen molar-refractivity contribution in [1.29, 1.82) is 0 Å². The summed E-state index contributed by atoms with van der Waals surface area (Å²) in [6, 6.07) is 18.6. The average Bonchev–Trinajstić information content (AvgIpc) is 3.45. The van der Waals surface area contributed by atoms with Gasteiger partial charge in [-0.25, -0.2) is 0 Å². The number of benzene rings is 2. The molecule has 142 valence electrons. The van der Waals surface area contributed by atoms with Gasteiger partial charge in [-0.3, -0.25) is 4.79 Å². The van der Waals surface area contributed by atoms with Gasteiger partial charge in [0.05, 0.1) is 0 Å². The van der Waals surface area contributed by atoms with Gasteiger partial charge in [-0.15, -0.1) is 10.2 Å². The first-order chi connectivity index (χ1) is 14.2. The molecular weight excluding hydrogens is 454 g/mol. The van der Waals surface area contributed by atoms with E-state index in [4.69, 9.17) is 4.42 Å². The molecule has 0 saturated carbocycles. The maximum absolute atomic E-state index is 12.5. The number of carbonyl (C=O) groups excluding carboxylic acids is 1. The minimum atomic E-state index is -0.306. The molecule has 0 fully saturated rings. The van der Waals surface area contributed by atoms with Crippen LogP contribution in [-0.4, -0.2) is 25.7 Å². The Morgan fingerprint density at radius 3 is 2.52 bits per heavy atom. The predicted octanol–water partition coefficient (Wildman–Crippen LogP) is 5.13. The highest BCUT2D eigenvalue weighted by Gasteiger charge is 2.13. The summed E-state index contributed by atoms with van der Waals surface area (Å²) < 4.78 is 8.33. The molecule has 0 unspecified atom stereocenters. The summed E-state index contributed by atoms with van der Waals surface area (Å²) in [6.07, 6.45) is 1.57. The highest BCUT2D eigenvalue weighted by molar-refractivity contribution is 9.10. The van der Waals surface area contributed by atoms with E-state index in [9.17, 15) is 4.79 Å². The molecule has 9 heteroatoms. The first-order valence-corrected chi connectivity index (χ1v) is 10.2. The third kappa shape index (κ3) is 3.57. The summed E-state index contributed by atoms with van der Waals surface area (Å²) >= 11 is 4.85. The number of halogens is 1. The minimum Gasteiger partial charge on any atom is -0.451 e. The van der Waals surface area contributed by atoms with Gasteiger partial charge in [0.1, 0.15) is 17.1 Å². The topological polar surface area (TPSA) is 85.3 Å². The minimum absolute atomic E-state index is 0.251. The maximum Gasteiger partial charge on any atom is 0.291 e. The number of nitrogens with zero attached hydrogens (tertiary/aromatic N) is 4. The van der Waals surface area contributed by atoms with Crippen LogP contribution in [0.2, 0.25) is 0 Å². The van der Waals surface area contributed by atoms with Gasteiger partial charge in [0.25, 0.3) is 5.91 Å². The molecule has 3 heterocycles. The van der Waals surface area contributed by atoms with Crippen LogP contribution in [0.25, 0.3) is 26.9 Å². The van der Waals surface area contributed by atoms with E-state index >= 15 is 0 Å². The van der Waals surface area contributed by atoms with E-state index in [0.29, 0.717) is 11.4 Å². The normalized spacial score (nSPS) is 11.1. The zero-order valence-corrected chi connectivity index (χ0v) is 17.1. The molecule has 0 spiro atoms. The van der Waals surface area contributed by atoms with Crippen LogP contribution in [0.5, 0.6) is 0 Å². The van der Waals surface area contributed by atoms with E-state index in [1.54, 1.807) is 23.0 Å². The van der Waals surface area contributed by atoms with Crippen molar-refractivity contribution in [3.63, 3.8) is 0 Å². The van der Waals surface area contributed by atoms with Gasteiger partial charge in [-0.05, 0) is 48.5 Å². The summed E-state index contributed by atoms with van der Waals surface area (Å²) in [5.41, 5.74) is 2.51. The van der Waals surface area contributed by atoms with Gasteiger partial charge in [-0.1, -0.05) is 39.4 Å². The van der Waals surface area contributed by atoms with Crippen LogP contribution < -0.4 is 5.32 Å². The number of carbonyl (C=O) groups is 1. The monoisotopic (exact) mass is 465 g/mol. The number of furan rings is 1. The number of rotatable bonds is 4. The van der Waals surface area contributed by atoms with Gasteiger partial charge in [0.15, 0.2) is 5.76 Å². The molecule has 0 aliphatic rings. The summed E-state index contributed by atoms with van der Waals surface area (Å²) in [7, 11) is 0. The predicted molar refractivity (Wildman–Crippen MR) is 114 cm³/mol. The summed E-state index contributed by atoms with van der Waals surface area (Å²) in [5.74, 6) is 0.585. The van der Waals surface area contributed by atoms with Crippen LogP contribution in [0.3, 0.4) is 0 Å². The lowest BCUT2D eigenvalue weighted by molar-refractivity contribution is 0.0997. The van der Waals surface area contributed by atoms with Crippen molar-refractivity contribution in [3.8, 4) is 21.9 Å². The van der Waals surface area contributed by atoms with Crippen molar-refractivity contribution in [3.05, 3.63) is 77.2 Å². The lowest BCUT2D eigenvalue weighted by Gasteiger charge is -2.04. The van der Waals surface area contributed by atoms with Gasteiger partial charge < -0.3 is 9.73 Å². The van der Waals surface area contributed by atoms with Crippen molar-refractivity contribution in [2.75, 3.05) is 5.32 Å². The number of aromatic nitrogens is 4. The van der Waals surface area contributed by atoms with Gasteiger partial charge >= 0.3 is 0 Å². The molecule has 3 aromatic heterocycles. The molecule has 29 heavy (non-hydrogen) atoms. The Kier molecular flexibility index (Phi) is 4.45. The molecule has 0 bridgehead atoms. The second-order valence-corrected chi connectivity index (χ2v) is 8.04. The molecule has 7 nitrogen and oxygen atoms in total. The Balaban J connectivity index is 1.30.